The molecule has 1 aromatic carbocycles. The highest BCUT2D eigenvalue weighted by atomic mass is 16.2. The van der Waals surface area contributed by atoms with Crippen molar-refractivity contribution in [1.29, 1.82) is 0 Å². The summed E-state index contributed by atoms with van der Waals surface area (Å²) in [5.74, 6) is -0.753. The Bertz CT molecular complexity index is 504. The van der Waals surface area contributed by atoms with E-state index in [4.69, 9.17) is 17.2 Å². The van der Waals surface area contributed by atoms with Gasteiger partial charge in [-0.2, -0.15) is 0 Å². The predicted octanol–water partition coefficient (Wildman–Crippen LogP) is 0.721. The third-order valence-electron chi connectivity index (χ3n) is 3.58. The van der Waals surface area contributed by atoms with Crippen LogP contribution in [-0.2, 0) is 4.79 Å². The zero-order valence-corrected chi connectivity index (χ0v) is 11.3. The van der Waals surface area contributed by atoms with Crippen LogP contribution in [0, 0.1) is 0 Å². The summed E-state index contributed by atoms with van der Waals surface area (Å²) in [5.41, 5.74) is 17.9. The van der Waals surface area contributed by atoms with Crippen molar-refractivity contribution in [2.45, 2.75) is 31.7 Å². The molecule has 0 aliphatic heterocycles. The summed E-state index contributed by atoms with van der Waals surface area (Å²) >= 11 is 0. The lowest BCUT2D eigenvalue weighted by atomic mass is 10.1. The lowest BCUT2D eigenvalue weighted by Gasteiger charge is -2.28. The number of hydrogen-bond donors (Lipinski definition) is 3. The minimum absolute atomic E-state index is 0.0673. The van der Waals surface area contributed by atoms with Crippen LogP contribution in [0.25, 0.3) is 0 Å². The van der Waals surface area contributed by atoms with E-state index in [-0.39, 0.29) is 18.5 Å². The van der Waals surface area contributed by atoms with E-state index in [1.54, 1.807) is 23.1 Å². The molecule has 0 saturated heterocycles. The molecule has 0 spiro atoms. The van der Waals surface area contributed by atoms with Crippen LogP contribution in [0.5, 0.6) is 0 Å². The Kier molecular flexibility index (Phi) is 4.12. The van der Waals surface area contributed by atoms with Crippen molar-refractivity contribution < 1.29 is 9.59 Å². The van der Waals surface area contributed by atoms with Crippen molar-refractivity contribution >= 4 is 23.2 Å². The van der Waals surface area contributed by atoms with Crippen LogP contribution < -0.4 is 17.2 Å². The van der Waals surface area contributed by atoms with Gasteiger partial charge in [-0.25, -0.2) is 0 Å². The Labute approximate surface area is 117 Å². The second-order valence-corrected chi connectivity index (χ2v) is 5.23. The van der Waals surface area contributed by atoms with Gasteiger partial charge >= 0.3 is 0 Å². The van der Waals surface area contributed by atoms with Gasteiger partial charge in [-0.3, -0.25) is 9.59 Å². The van der Waals surface area contributed by atoms with Crippen LogP contribution in [0.2, 0.25) is 0 Å². The molecule has 108 valence electrons. The van der Waals surface area contributed by atoms with Crippen molar-refractivity contribution in [2.75, 3.05) is 18.0 Å². The van der Waals surface area contributed by atoms with Gasteiger partial charge in [0.15, 0.2) is 0 Å². The smallest absolute Gasteiger partial charge is 0.254 e. The summed E-state index contributed by atoms with van der Waals surface area (Å²) < 4.78 is 0. The predicted molar refractivity (Wildman–Crippen MR) is 77.8 cm³/mol. The van der Waals surface area contributed by atoms with Crippen molar-refractivity contribution in [2.24, 2.45) is 5.73 Å². The van der Waals surface area contributed by atoms with Crippen molar-refractivity contribution in [3.05, 3.63) is 23.8 Å². The summed E-state index contributed by atoms with van der Waals surface area (Å²) in [4.78, 5) is 25.3. The molecular formula is C14H20N4O2. The number of benzene rings is 1. The van der Waals surface area contributed by atoms with Gasteiger partial charge < -0.3 is 22.1 Å². The largest absolute Gasteiger partial charge is 0.399 e. The molecule has 0 unspecified atom stereocenters. The average molecular weight is 276 g/mol. The molecule has 20 heavy (non-hydrogen) atoms. The molecule has 1 aliphatic carbocycles. The van der Waals surface area contributed by atoms with Gasteiger partial charge in [0.2, 0.25) is 5.91 Å². The summed E-state index contributed by atoms with van der Waals surface area (Å²) in [6.45, 7) is -0.0712. The molecule has 1 aliphatic rings. The fourth-order valence-corrected chi connectivity index (χ4v) is 2.72. The molecule has 1 fully saturated rings. The molecule has 6 heteroatoms. The molecule has 0 aromatic heterocycles. The van der Waals surface area contributed by atoms with E-state index in [1.165, 1.54) is 0 Å². The van der Waals surface area contributed by atoms with Crippen LogP contribution in [0.3, 0.4) is 0 Å². The van der Waals surface area contributed by atoms with E-state index in [2.05, 4.69) is 0 Å². The monoisotopic (exact) mass is 276 g/mol. The first-order valence-corrected chi connectivity index (χ1v) is 6.72. The lowest BCUT2D eigenvalue weighted by molar-refractivity contribution is -0.119. The summed E-state index contributed by atoms with van der Waals surface area (Å²) in [6.07, 6.45) is 3.92. The number of carbonyl (C=O) groups is 2. The molecule has 0 bridgehead atoms. The van der Waals surface area contributed by atoms with Gasteiger partial charge in [0, 0.05) is 23.0 Å². The van der Waals surface area contributed by atoms with Crippen molar-refractivity contribution in [1.82, 2.24) is 4.90 Å². The molecule has 1 aromatic rings. The fourth-order valence-electron chi connectivity index (χ4n) is 2.72. The Morgan fingerprint density at radius 1 is 1.10 bits per heavy atom. The first-order chi connectivity index (χ1) is 9.47. The minimum Gasteiger partial charge on any atom is -0.399 e. The maximum atomic E-state index is 12.6. The first-order valence-electron chi connectivity index (χ1n) is 6.72. The van der Waals surface area contributed by atoms with E-state index in [9.17, 15) is 9.59 Å². The quantitative estimate of drug-likeness (QED) is 0.703. The molecule has 0 atom stereocenters. The molecule has 2 rings (SSSR count). The van der Waals surface area contributed by atoms with Crippen molar-refractivity contribution in [3.63, 3.8) is 0 Å². The highest BCUT2D eigenvalue weighted by Gasteiger charge is 2.28. The Morgan fingerprint density at radius 2 is 1.65 bits per heavy atom. The zero-order chi connectivity index (χ0) is 14.7. The van der Waals surface area contributed by atoms with Crippen LogP contribution in [0.15, 0.2) is 18.2 Å². The van der Waals surface area contributed by atoms with Gasteiger partial charge in [-0.05, 0) is 31.0 Å². The maximum Gasteiger partial charge on any atom is 0.254 e. The number of hydrogen-bond acceptors (Lipinski definition) is 4. The highest BCUT2D eigenvalue weighted by Crippen LogP contribution is 2.25. The Morgan fingerprint density at radius 3 is 2.15 bits per heavy atom. The number of nitrogens with two attached hydrogens (primary N) is 3. The van der Waals surface area contributed by atoms with Gasteiger partial charge in [0.1, 0.15) is 0 Å². The SMILES string of the molecule is NC(=O)CN(C(=O)c1cc(N)cc(N)c1)C1CCCC1. The number of anilines is 2. The molecule has 0 heterocycles. The third-order valence-corrected chi connectivity index (χ3v) is 3.58. The molecule has 1 saturated carbocycles. The molecular weight excluding hydrogens is 256 g/mol. The zero-order valence-electron chi connectivity index (χ0n) is 11.3. The fraction of sp³-hybridized carbons (Fsp3) is 0.429. The maximum absolute atomic E-state index is 12.6. The summed E-state index contributed by atoms with van der Waals surface area (Å²) in [6, 6.07) is 4.80. The van der Waals surface area contributed by atoms with E-state index in [0.717, 1.165) is 25.7 Å². The second-order valence-electron chi connectivity index (χ2n) is 5.23. The standard InChI is InChI=1S/C14H20N4O2/c15-10-5-9(6-11(16)7-10)14(20)18(8-13(17)19)12-3-1-2-4-12/h5-7,12H,1-4,8,15-16H2,(H2,17,19). The third kappa shape index (κ3) is 3.20. The minimum atomic E-state index is -0.512. The molecule has 0 radical (unpaired) electrons. The molecule has 6 nitrogen and oxygen atoms in total. The molecule has 2 amide bonds. The topological polar surface area (TPSA) is 115 Å². The average Bonchev–Trinajstić information content (AvgIpc) is 2.87. The highest BCUT2D eigenvalue weighted by molar-refractivity contribution is 5.98. The van der Waals surface area contributed by atoms with Crippen LogP contribution >= 0.6 is 0 Å². The number of amides is 2. The van der Waals surface area contributed by atoms with Gasteiger partial charge in [0.05, 0.1) is 6.54 Å². The van der Waals surface area contributed by atoms with Crippen LogP contribution in [0.1, 0.15) is 36.0 Å². The van der Waals surface area contributed by atoms with E-state index < -0.39 is 5.91 Å². The van der Waals surface area contributed by atoms with Crippen LogP contribution in [-0.4, -0.2) is 29.3 Å². The molecule has 6 N–H and O–H groups in total. The lowest BCUT2D eigenvalue weighted by Crippen LogP contribution is -2.44. The Balaban J connectivity index is 2.26. The summed E-state index contributed by atoms with van der Waals surface area (Å²) in [7, 11) is 0. The van der Waals surface area contributed by atoms with Crippen molar-refractivity contribution in [3.8, 4) is 0 Å². The second kappa shape index (κ2) is 5.81. The number of carbonyl (C=O) groups excluding carboxylic acids is 2. The van der Waals surface area contributed by atoms with Gasteiger partial charge in [0.25, 0.3) is 5.91 Å². The first kappa shape index (κ1) is 14.2. The normalized spacial score (nSPS) is 15.2. The van der Waals surface area contributed by atoms with Gasteiger partial charge in [-0.15, -0.1) is 0 Å². The van der Waals surface area contributed by atoms with E-state index >= 15 is 0 Å². The van der Waals surface area contributed by atoms with E-state index in [0.29, 0.717) is 16.9 Å². The van der Waals surface area contributed by atoms with Gasteiger partial charge in [-0.1, -0.05) is 12.8 Å². The number of primary amides is 1. The van der Waals surface area contributed by atoms with Crippen LogP contribution in [0.4, 0.5) is 11.4 Å². The number of rotatable bonds is 4. The summed E-state index contributed by atoms with van der Waals surface area (Å²) in [5, 5.41) is 0. The van der Waals surface area contributed by atoms with E-state index in [1.807, 2.05) is 0 Å². The number of nitrogen functional groups attached to an aromatic ring is 2. The Hall–Kier alpha value is -2.24. The number of nitrogens with zero attached hydrogens (tertiary/aromatic N) is 1.